The van der Waals surface area contributed by atoms with Gasteiger partial charge in [0.15, 0.2) is 0 Å². The van der Waals surface area contributed by atoms with Gasteiger partial charge in [-0.1, -0.05) is 18.2 Å². The van der Waals surface area contributed by atoms with Crippen LogP contribution in [0.5, 0.6) is 5.75 Å². The van der Waals surface area contributed by atoms with Gasteiger partial charge in [0.1, 0.15) is 12.4 Å². The molecule has 1 aromatic rings. The number of hydrogen-bond donors (Lipinski definition) is 1. The van der Waals surface area contributed by atoms with Crippen molar-refractivity contribution in [2.75, 3.05) is 19.7 Å². The van der Waals surface area contributed by atoms with Gasteiger partial charge in [0, 0.05) is 13.0 Å². The highest BCUT2D eigenvalue weighted by atomic mass is 16.5. The first kappa shape index (κ1) is 11.5. The Hall–Kier alpha value is -1.53. The molecule has 1 N–H and O–H groups in total. The van der Waals surface area contributed by atoms with Crippen molar-refractivity contribution in [1.82, 2.24) is 5.32 Å². The number of nitriles is 1. The third-order valence-corrected chi connectivity index (χ3v) is 1.93. The SMILES string of the molecule is N#CCCCNCCOc1ccccc1. The lowest BCUT2D eigenvalue weighted by Crippen LogP contribution is -2.21. The smallest absolute Gasteiger partial charge is 0.119 e. The molecule has 0 aliphatic heterocycles. The summed E-state index contributed by atoms with van der Waals surface area (Å²) in [6.45, 7) is 2.36. The predicted molar refractivity (Wildman–Crippen MR) is 59.7 cm³/mol. The maximum atomic E-state index is 8.32. The first-order valence-corrected chi connectivity index (χ1v) is 5.19. The van der Waals surface area contributed by atoms with E-state index in [0.717, 1.165) is 25.3 Å². The molecule has 3 nitrogen and oxygen atoms in total. The van der Waals surface area contributed by atoms with Crippen molar-refractivity contribution in [1.29, 1.82) is 5.26 Å². The van der Waals surface area contributed by atoms with Crippen LogP contribution in [0.15, 0.2) is 30.3 Å². The monoisotopic (exact) mass is 204 g/mol. The van der Waals surface area contributed by atoms with Gasteiger partial charge in [0.25, 0.3) is 0 Å². The van der Waals surface area contributed by atoms with E-state index in [0.29, 0.717) is 13.0 Å². The molecule has 3 heteroatoms. The minimum Gasteiger partial charge on any atom is -0.492 e. The number of hydrogen-bond acceptors (Lipinski definition) is 3. The summed E-state index contributed by atoms with van der Waals surface area (Å²) in [5, 5.41) is 11.5. The number of nitrogens with zero attached hydrogens (tertiary/aromatic N) is 1. The molecule has 0 aliphatic carbocycles. The molecule has 0 unspecified atom stereocenters. The molecule has 1 aromatic carbocycles. The van der Waals surface area contributed by atoms with E-state index >= 15 is 0 Å². The number of para-hydroxylation sites is 1. The van der Waals surface area contributed by atoms with Crippen LogP contribution in [0.2, 0.25) is 0 Å². The van der Waals surface area contributed by atoms with Crippen molar-refractivity contribution >= 4 is 0 Å². The Balaban J connectivity index is 1.96. The summed E-state index contributed by atoms with van der Waals surface area (Å²) in [7, 11) is 0. The van der Waals surface area contributed by atoms with Crippen LogP contribution in [-0.4, -0.2) is 19.7 Å². The first-order valence-electron chi connectivity index (χ1n) is 5.19. The molecule has 0 saturated carbocycles. The van der Waals surface area contributed by atoms with Crippen LogP contribution in [0, 0.1) is 11.3 Å². The van der Waals surface area contributed by atoms with Crippen molar-refractivity contribution < 1.29 is 4.74 Å². The van der Waals surface area contributed by atoms with Crippen molar-refractivity contribution in [2.24, 2.45) is 0 Å². The van der Waals surface area contributed by atoms with Gasteiger partial charge in [0.05, 0.1) is 6.07 Å². The van der Waals surface area contributed by atoms with Crippen molar-refractivity contribution in [3.63, 3.8) is 0 Å². The van der Waals surface area contributed by atoms with E-state index in [1.807, 2.05) is 30.3 Å². The van der Waals surface area contributed by atoms with Gasteiger partial charge in [-0.2, -0.15) is 5.26 Å². The topological polar surface area (TPSA) is 45.0 Å². The fourth-order valence-electron chi connectivity index (χ4n) is 1.18. The lowest BCUT2D eigenvalue weighted by molar-refractivity contribution is 0.314. The Morgan fingerprint density at radius 1 is 1.20 bits per heavy atom. The molecule has 15 heavy (non-hydrogen) atoms. The Labute approximate surface area is 90.7 Å². The van der Waals surface area contributed by atoms with Crippen molar-refractivity contribution in [3.8, 4) is 11.8 Å². The summed E-state index contributed by atoms with van der Waals surface area (Å²) < 4.78 is 5.49. The average Bonchev–Trinajstić information content (AvgIpc) is 2.29. The number of unbranched alkanes of at least 4 members (excludes halogenated alkanes) is 1. The summed E-state index contributed by atoms with van der Waals surface area (Å²) in [5.74, 6) is 0.899. The lowest BCUT2D eigenvalue weighted by atomic mass is 10.3. The molecular formula is C12H16N2O. The minimum absolute atomic E-state index is 0.618. The first-order chi connectivity index (χ1) is 7.43. The highest BCUT2D eigenvalue weighted by Gasteiger charge is 1.91. The molecule has 0 bridgehead atoms. The van der Waals surface area contributed by atoms with E-state index in [1.165, 1.54) is 0 Å². The van der Waals surface area contributed by atoms with E-state index in [1.54, 1.807) is 0 Å². The van der Waals surface area contributed by atoms with Crippen LogP contribution < -0.4 is 10.1 Å². The summed E-state index contributed by atoms with van der Waals surface area (Å²) in [6, 6.07) is 11.9. The van der Waals surface area contributed by atoms with Crippen LogP contribution in [0.4, 0.5) is 0 Å². The second-order valence-corrected chi connectivity index (χ2v) is 3.17. The third-order valence-electron chi connectivity index (χ3n) is 1.93. The van der Waals surface area contributed by atoms with E-state index in [2.05, 4.69) is 11.4 Å². The lowest BCUT2D eigenvalue weighted by Gasteiger charge is -2.06. The molecule has 0 spiro atoms. The van der Waals surface area contributed by atoms with Gasteiger partial charge >= 0.3 is 0 Å². The Kier molecular flexibility index (Phi) is 6.03. The molecule has 1 rings (SSSR count). The molecule has 0 radical (unpaired) electrons. The predicted octanol–water partition coefficient (Wildman–Crippen LogP) is 1.96. The summed E-state index contributed by atoms with van der Waals surface area (Å²) in [5.41, 5.74) is 0. The van der Waals surface area contributed by atoms with Crippen LogP contribution in [0.3, 0.4) is 0 Å². The van der Waals surface area contributed by atoms with Gasteiger partial charge in [-0.05, 0) is 25.1 Å². The molecule has 0 fully saturated rings. The molecule has 80 valence electrons. The Bertz CT molecular complexity index is 292. The largest absolute Gasteiger partial charge is 0.492 e. The normalized spacial score (nSPS) is 9.53. The molecule has 0 saturated heterocycles. The van der Waals surface area contributed by atoms with Crippen molar-refractivity contribution in [3.05, 3.63) is 30.3 Å². The number of nitrogens with one attached hydrogen (secondary N) is 1. The van der Waals surface area contributed by atoms with Crippen LogP contribution >= 0.6 is 0 Å². The van der Waals surface area contributed by atoms with E-state index in [4.69, 9.17) is 10.00 Å². The average molecular weight is 204 g/mol. The third kappa shape index (κ3) is 5.71. The minimum atomic E-state index is 0.618. The number of rotatable bonds is 7. The molecule has 0 amide bonds. The van der Waals surface area contributed by atoms with Gasteiger partial charge in [-0.15, -0.1) is 0 Å². The summed E-state index contributed by atoms with van der Waals surface area (Å²) in [6.07, 6.45) is 1.52. The van der Waals surface area contributed by atoms with Crippen LogP contribution in [0.25, 0.3) is 0 Å². The van der Waals surface area contributed by atoms with Crippen LogP contribution in [0.1, 0.15) is 12.8 Å². The fraction of sp³-hybridized carbons (Fsp3) is 0.417. The quantitative estimate of drug-likeness (QED) is 0.690. The van der Waals surface area contributed by atoms with Crippen molar-refractivity contribution in [2.45, 2.75) is 12.8 Å². The second kappa shape index (κ2) is 7.84. The van der Waals surface area contributed by atoms with Gasteiger partial charge < -0.3 is 10.1 Å². The van der Waals surface area contributed by atoms with E-state index in [9.17, 15) is 0 Å². The van der Waals surface area contributed by atoms with Crippen LogP contribution in [-0.2, 0) is 0 Å². The molecule has 0 aliphatic rings. The second-order valence-electron chi connectivity index (χ2n) is 3.17. The maximum Gasteiger partial charge on any atom is 0.119 e. The van der Waals surface area contributed by atoms with E-state index in [-0.39, 0.29) is 0 Å². The molecule has 0 atom stereocenters. The number of benzene rings is 1. The highest BCUT2D eigenvalue weighted by Crippen LogP contribution is 2.07. The molecule has 0 aromatic heterocycles. The standard InChI is InChI=1S/C12H16N2O/c13-8-4-5-9-14-10-11-15-12-6-2-1-3-7-12/h1-3,6-7,14H,4-5,9-11H2. The molecule has 0 heterocycles. The van der Waals surface area contributed by atoms with E-state index < -0.39 is 0 Å². The van der Waals surface area contributed by atoms with Gasteiger partial charge in [-0.25, -0.2) is 0 Å². The Morgan fingerprint density at radius 2 is 2.00 bits per heavy atom. The zero-order chi connectivity index (χ0) is 10.8. The zero-order valence-electron chi connectivity index (χ0n) is 8.78. The fourth-order valence-corrected chi connectivity index (χ4v) is 1.18. The molecular weight excluding hydrogens is 188 g/mol. The zero-order valence-corrected chi connectivity index (χ0v) is 8.78. The Morgan fingerprint density at radius 3 is 2.73 bits per heavy atom. The summed E-state index contributed by atoms with van der Waals surface area (Å²) >= 11 is 0. The number of ether oxygens (including phenoxy) is 1. The van der Waals surface area contributed by atoms with Gasteiger partial charge in [0.2, 0.25) is 0 Å². The highest BCUT2D eigenvalue weighted by molar-refractivity contribution is 5.20. The summed E-state index contributed by atoms with van der Waals surface area (Å²) in [4.78, 5) is 0. The van der Waals surface area contributed by atoms with Gasteiger partial charge in [-0.3, -0.25) is 0 Å². The maximum absolute atomic E-state index is 8.32.